The number of hydrogen-bond donors (Lipinski definition) is 1. The number of benzene rings is 1. The molecule has 19 heavy (non-hydrogen) atoms. The second kappa shape index (κ2) is 6.20. The molecule has 1 aromatic carbocycles. The Morgan fingerprint density at radius 3 is 2.89 bits per heavy atom. The van der Waals surface area contributed by atoms with Gasteiger partial charge in [0.1, 0.15) is 0 Å². The monoisotopic (exact) mass is 261 g/mol. The molecular formula is C16H23NO2. The first-order valence-corrected chi connectivity index (χ1v) is 7.05. The van der Waals surface area contributed by atoms with Gasteiger partial charge in [-0.05, 0) is 50.3 Å². The van der Waals surface area contributed by atoms with Crippen LogP contribution in [0.1, 0.15) is 36.0 Å². The van der Waals surface area contributed by atoms with Crippen LogP contribution in [0.15, 0.2) is 18.2 Å². The van der Waals surface area contributed by atoms with E-state index in [1.54, 1.807) is 0 Å². The fourth-order valence-corrected chi connectivity index (χ4v) is 2.97. The maximum Gasteiger partial charge on any atom is 0.303 e. The minimum absolute atomic E-state index is 0.309. The molecule has 1 N–H and O–H groups in total. The van der Waals surface area contributed by atoms with E-state index in [1.807, 2.05) is 0 Å². The van der Waals surface area contributed by atoms with Crippen molar-refractivity contribution in [3.8, 4) is 0 Å². The molecule has 1 unspecified atom stereocenters. The lowest BCUT2D eigenvalue weighted by atomic mass is 9.94. The molecule has 1 heterocycles. The van der Waals surface area contributed by atoms with Crippen LogP contribution in [0.3, 0.4) is 0 Å². The molecule has 1 aliphatic rings. The molecular weight excluding hydrogens is 238 g/mol. The number of carboxylic acids is 1. The summed E-state index contributed by atoms with van der Waals surface area (Å²) in [6.07, 6.45) is 2.47. The second-order valence-corrected chi connectivity index (χ2v) is 5.77. The van der Waals surface area contributed by atoms with Crippen LogP contribution in [-0.4, -0.2) is 29.1 Å². The van der Waals surface area contributed by atoms with E-state index in [0.717, 1.165) is 32.5 Å². The highest BCUT2D eigenvalue weighted by Gasteiger charge is 2.22. The van der Waals surface area contributed by atoms with Gasteiger partial charge in [0.25, 0.3) is 0 Å². The van der Waals surface area contributed by atoms with E-state index >= 15 is 0 Å². The minimum atomic E-state index is -0.668. The zero-order valence-corrected chi connectivity index (χ0v) is 11.9. The van der Waals surface area contributed by atoms with Crippen molar-refractivity contribution in [3.05, 3.63) is 34.9 Å². The van der Waals surface area contributed by atoms with Gasteiger partial charge in [-0.1, -0.05) is 23.8 Å². The van der Waals surface area contributed by atoms with Gasteiger partial charge in [-0.15, -0.1) is 0 Å². The van der Waals surface area contributed by atoms with Crippen molar-refractivity contribution in [1.82, 2.24) is 4.90 Å². The highest BCUT2D eigenvalue weighted by molar-refractivity contribution is 5.67. The van der Waals surface area contributed by atoms with Crippen molar-refractivity contribution in [2.24, 2.45) is 5.92 Å². The summed E-state index contributed by atoms with van der Waals surface area (Å²) >= 11 is 0. The van der Waals surface area contributed by atoms with E-state index in [9.17, 15) is 4.79 Å². The van der Waals surface area contributed by atoms with E-state index in [0.29, 0.717) is 12.3 Å². The van der Waals surface area contributed by atoms with E-state index in [4.69, 9.17) is 5.11 Å². The standard InChI is InChI=1S/C16H23NO2/c1-12-5-6-15(13(2)8-12)11-17-7-3-4-14(10-17)9-16(18)19/h5-6,8,14H,3-4,7,9-11H2,1-2H3,(H,18,19). The van der Waals surface area contributed by atoms with Crippen molar-refractivity contribution in [3.63, 3.8) is 0 Å². The molecule has 0 spiro atoms. The molecule has 0 amide bonds. The van der Waals surface area contributed by atoms with E-state index in [-0.39, 0.29) is 0 Å². The number of carbonyl (C=O) groups is 1. The fourth-order valence-electron chi connectivity index (χ4n) is 2.97. The molecule has 0 saturated carbocycles. The Labute approximate surface area is 115 Å². The lowest BCUT2D eigenvalue weighted by molar-refractivity contribution is -0.138. The molecule has 0 aromatic heterocycles. The first kappa shape index (κ1) is 14.1. The smallest absolute Gasteiger partial charge is 0.303 e. The average Bonchev–Trinajstić information content (AvgIpc) is 2.32. The quantitative estimate of drug-likeness (QED) is 0.905. The highest BCUT2D eigenvalue weighted by Crippen LogP contribution is 2.22. The Morgan fingerprint density at radius 1 is 1.42 bits per heavy atom. The summed E-state index contributed by atoms with van der Waals surface area (Å²) in [6.45, 7) is 7.22. The molecule has 1 aliphatic heterocycles. The predicted molar refractivity (Wildman–Crippen MR) is 76.2 cm³/mol. The summed E-state index contributed by atoms with van der Waals surface area (Å²) in [5.41, 5.74) is 3.99. The molecule has 3 nitrogen and oxygen atoms in total. The Balaban J connectivity index is 1.96. The van der Waals surface area contributed by atoms with Crippen LogP contribution in [0.5, 0.6) is 0 Å². The van der Waals surface area contributed by atoms with Gasteiger partial charge in [0.2, 0.25) is 0 Å². The number of aliphatic carboxylic acids is 1. The van der Waals surface area contributed by atoms with Gasteiger partial charge in [-0.3, -0.25) is 9.69 Å². The van der Waals surface area contributed by atoms with Crippen molar-refractivity contribution in [2.75, 3.05) is 13.1 Å². The summed E-state index contributed by atoms with van der Waals surface area (Å²) in [4.78, 5) is 13.2. The van der Waals surface area contributed by atoms with Crippen LogP contribution in [0.4, 0.5) is 0 Å². The summed E-state index contributed by atoms with van der Waals surface area (Å²) < 4.78 is 0. The first-order valence-electron chi connectivity index (χ1n) is 7.05. The number of carboxylic acid groups (broad SMARTS) is 1. The third-order valence-electron chi connectivity index (χ3n) is 3.96. The van der Waals surface area contributed by atoms with E-state index in [1.165, 1.54) is 16.7 Å². The van der Waals surface area contributed by atoms with Crippen molar-refractivity contribution in [2.45, 2.75) is 39.7 Å². The lowest BCUT2D eigenvalue weighted by Gasteiger charge is -2.32. The van der Waals surface area contributed by atoms with Crippen LogP contribution >= 0.6 is 0 Å². The van der Waals surface area contributed by atoms with E-state index < -0.39 is 5.97 Å². The maximum absolute atomic E-state index is 10.8. The number of nitrogens with zero attached hydrogens (tertiary/aromatic N) is 1. The Hall–Kier alpha value is -1.35. The normalized spacial score (nSPS) is 20.4. The maximum atomic E-state index is 10.8. The van der Waals surface area contributed by atoms with Gasteiger partial charge in [-0.2, -0.15) is 0 Å². The molecule has 1 atom stereocenters. The SMILES string of the molecule is Cc1ccc(CN2CCCC(CC(=O)O)C2)c(C)c1. The van der Waals surface area contributed by atoms with Crippen LogP contribution in [-0.2, 0) is 11.3 Å². The first-order chi connectivity index (χ1) is 9.04. The summed E-state index contributed by atoms with van der Waals surface area (Å²) in [5.74, 6) is -0.352. The number of aryl methyl sites for hydroxylation is 2. The topological polar surface area (TPSA) is 40.5 Å². The largest absolute Gasteiger partial charge is 0.481 e. The number of rotatable bonds is 4. The molecule has 1 aromatic rings. The fraction of sp³-hybridized carbons (Fsp3) is 0.562. The van der Waals surface area contributed by atoms with E-state index in [2.05, 4.69) is 36.9 Å². The van der Waals surface area contributed by atoms with Gasteiger partial charge in [0.05, 0.1) is 0 Å². The van der Waals surface area contributed by atoms with Gasteiger partial charge in [0.15, 0.2) is 0 Å². The van der Waals surface area contributed by atoms with Gasteiger partial charge in [-0.25, -0.2) is 0 Å². The lowest BCUT2D eigenvalue weighted by Crippen LogP contribution is -2.35. The molecule has 2 rings (SSSR count). The molecule has 1 saturated heterocycles. The van der Waals surface area contributed by atoms with Crippen molar-refractivity contribution < 1.29 is 9.90 Å². The Bertz CT molecular complexity index is 456. The van der Waals surface area contributed by atoms with Crippen molar-refractivity contribution >= 4 is 5.97 Å². The molecule has 0 radical (unpaired) electrons. The molecule has 1 fully saturated rings. The number of piperidine rings is 1. The molecule has 0 bridgehead atoms. The minimum Gasteiger partial charge on any atom is -0.481 e. The average molecular weight is 261 g/mol. The highest BCUT2D eigenvalue weighted by atomic mass is 16.4. The molecule has 3 heteroatoms. The zero-order chi connectivity index (χ0) is 13.8. The second-order valence-electron chi connectivity index (χ2n) is 5.77. The van der Waals surface area contributed by atoms with Gasteiger partial charge < -0.3 is 5.11 Å². The molecule has 0 aliphatic carbocycles. The Kier molecular flexibility index (Phi) is 4.59. The zero-order valence-electron chi connectivity index (χ0n) is 11.9. The number of likely N-dealkylation sites (tertiary alicyclic amines) is 1. The van der Waals surface area contributed by atoms with Gasteiger partial charge in [0, 0.05) is 19.5 Å². The Morgan fingerprint density at radius 2 is 2.21 bits per heavy atom. The summed E-state index contributed by atoms with van der Waals surface area (Å²) in [5, 5.41) is 8.90. The van der Waals surface area contributed by atoms with Crippen molar-refractivity contribution in [1.29, 1.82) is 0 Å². The summed E-state index contributed by atoms with van der Waals surface area (Å²) in [7, 11) is 0. The third kappa shape index (κ3) is 4.06. The predicted octanol–water partition coefficient (Wildman–Crippen LogP) is 2.99. The molecule has 104 valence electrons. The third-order valence-corrected chi connectivity index (χ3v) is 3.96. The van der Waals surface area contributed by atoms with Crippen LogP contribution in [0.2, 0.25) is 0 Å². The van der Waals surface area contributed by atoms with Gasteiger partial charge >= 0.3 is 5.97 Å². The van der Waals surface area contributed by atoms with Crippen LogP contribution in [0, 0.1) is 19.8 Å². The van der Waals surface area contributed by atoms with Crippen LogP contribution in [0.25, 0.3) is 0 Å². The summed E-state index contributed by atoms with van der Waals surface area (Å²) in [6, 6.07) is 6.57. The number of hydrogen-bond acceptors (Lipinski definition) is 2. The van der Waals surface area contributed by atoms with Crippen LogP contribution < -0.4 is 0 Å².